The van der Waals surface area contributed by atoms with E-state index >= 15 is 0 Å². The molecule has 0 spiro atoms. The lowest BCUT2D eigenvalue weighted by atomic mass is 10.1. The maximum atomic E-state index is 6.47. The summed E-state index contributed by atoms with van der Waals surface area (Å²) in [7, 11) is 0. The average Bonchev–Trinajstić information content (AvgIpc) is 3.72. The van der Waals surface area contributed by atoms with Crippen molar-refractivity contribution in [2.24, 2.45) is 0 Å². The zero-order valence-corrected chi connectivity index (χ0v) is 24.3. The maximum Gasteiger partial charge on any atom is 0.227 e. The summed E-state index contributed by atoms with van der Waals surface area (Å²) in [6.07, 6.45) is 6.95. The summed E-state index contributed by atoms with van der Waals surface area (Å²) < 4.78 is 8.72. The largest absolute Gasteiger partial charge is 0.435 e. The maximum absolute atomic E-state index is 6.47. The molecule has 8 nitrogen and oxygen atoms in total. The molecule has 9 rings (SSSR count). The molecule has 216 valence electrons. The first-order valence-corrected chi connectivity index (χ1v) is 14.9. The molecule has 0 radical (unpaired) electrons. The number of pyridine rings is 2. The Morgan fingerprint density at radius 2 is 1.11 bits per heavy atom. The summed E-state index contributed by atoms with van der Waals surface area (Å²) in [5.74, 6) is 2.32. The zero-order valence-electron chi connectivity index (χ0n) is 24.3. The number of oxazole rings is 1. The zero-order chi connectivity index (χ0) is 30.5. The number of rotatable bonds is 5. The van der Waals surface area contributed by atoms with E-state index in [1.54, 1.807) is 24.8 Å². The van der Waals surface area contributed by atoms with Gasteiger partial charge in [0.25, 0.3) is 0 Å². The Hall–Kier alpha value is -6.54. The highest BCUT2D eigenvalue weighted by atomic mass is 16.3. The smallest absolute Gasteiger partial charge is 0.227 e. The summed E-state index contributed by atoms with van der Waals surface area (Å²) in [6.45, 7) is 0. The third-order valence-corrected chi connectivity index (χ3v) is 8.09. The molecule has 0 fully saturated rings. The SMILES string of the molecule is c1ccc(-c2nc3ccc4c(c5ccccc5n4-c4cccc(-c5nc(-c6ccncc6)nc(-c6ccncc6)n5)c4)c3o2)cc1. The predicted molar refractivity (Wildman–Crippen MR) is 179 cm³/mol. The Kier molecular flexibility index (Phi) is 5.95. The van der Waals surface area contributed by atoms with E-state index in [1.807, 2.05) is 72.8 Å². The minimum Gasteiger partial charge on any atom is -0.435 e. The van der Waals surface area contributed by atoms with Crippen LogP contribution in [0.25, 0.3) is 84.2 Å². The van der Waals surface area contributed by atoms with Gasteiger partial charge in [-0.2, -0.15) is 0 Å². The molecule has 0 aliphatic rings. The van der Waals surface area contributed by atoms with Gasteiger partial charge in [0.15, 0.2) is 23.1 Å². The number of nitrogens with zero attached hydrogens (tertiary/aromatic N) is 7. The molecule has 0 amide bonds. The third-order valence-electron chi connectivity index (χ3n) is 8.09. The van der Waals surface area contributed by atoms with Crippen molar-refractivity contribution in [3.05, 3.63) is 140 Å². The molecular weight excluding hydrogens is 570 g/mol. The first-order chi connectivity index (χ1) is 22.8. The normalized spacial score (nSPS) is 11.5. The summed E-state index contributed by atoms with van der Waals surface area (Å²) in [6, 6.07) is 38.4. The fourth-order valence-electron chi connectivity index (χ4n) is 5.97. The Morgan fingerprint density at radius 3 is 1.83 bits per heavy atom. The molecule has 5 aromatic heterocycles. The first kappa shape index (κ1) is 25.9. The molecule has 9 aromatic rings. The van der Waals surface area contributed by atoms with Gasteiger partial charge < -0.3 is 8.98 Å². The van der Waals surface area contributed by atoms with E-state index in [0.717, 1.165) is 60.8 Å². The molecule has 0 aliphatic heterocycles. The highest BCUT2D eigenvalue weighted by molar-refractivity contribution is 6.19. The van der Waals surface area contributed by atoms with Crippen molar-refractivity contribution in [2.75, 3.05) is 0 Å². The van der Waals surface area contributed by atoms with E-state index in [2.05, 4.69) is 57.0 Å². The van der Waals surface area contributed by atoms with Crippen LogP contribution in [0.4, 0.5) is 0 Å². The quantitative estimate of drug-likeness (QED) is 0.197. The first-order valence-electron chi connectivity index (χ1n) is 14.9. The van der Waals surface area contributed by atoms with Crippen LogP contribution in [0.1, 0.15) is 0 Å². The summed E-state index contributed by atoms with van der Waals surface area (Å²) in [5, 5.41) is 2.11. The lowest BCUT2D eigenvalue weighted by Crippen LogP contribution is -2.01. The van der Waals surface area contributed by atoms with Crippen LogP contribution in [0, 0.1) is 0 Å². The number of hydrogen-bond acceptors (Lipinski definition) is 7. The second-order valence-electron chi connectivity index (χ2n) is 10.9. The molecule has 0 saturated carbocycles. The van der Waals surface area contributed by atoms with Gasteiger partial charge in [-0.05, 0) is 66.7 Å². The van der Waals surface area contributed by atoms with Crippen LogP contribution in [0.5, 0.6) is 0 Å². The van der Waals surface area contributed by atoms with E-state index < -0.39 is 0 Å². The van der Waals surface area contributed by atoms with Crippen molar-refractivity contribution in [2.45, 2.75) is 0 Å². The van der Waals surface area contributed by atoms with E-state index in [9.17, 15) is 0 Å². The van der Waals surface area contributed by atoms with Crippen LogP contribution < -0.4 is 0 Å². The van der Waals surface area contributed by atoms with Crippen LogP contribution in [0.2, 0.25) is 0 Å². The monoisotopic (exact) mass is 593 g/mol. The van der Waals surface area contributed by atoms with Crippen LogP contribution in [0.15, 0.2) is 144 Å². The highest BCUT2D eigenvalue weighted by Gasteiger charge is 2.20. The molecule has 4 aromatic carbocycles. The van der Waals surface area contributed by atoms with Crippen LogP contribution >= 0.6 is 0 Å². The van der Waals surface area contributed by atoms with Crippen molar-refractivity contribution in [1.29, 1.82) is 0 Å². The van der Waals surface area contributed by atoms with Crippen molar-refractivity contribution in [1.82, 2.24) is 34.5 Å². The van der Waals surface area contributed by atoms with E-state index in [4.69, 9.17) is 24.4 Å². The predicted octanol–water partition coefficient (Wildman–Crippen LogP) is 8.57. The van der Waals surface area contributed by atoms with Gasteiger partial charge in [0.1, 0.15) is 5.52 Å². The van der Waals surface area contributed by atoms with Crippen LogP contribution in [-0.2, 0) is 0 Å². The molecule has 0 aliphatic carbocycles. The highest BCUT2D eigenvalue weighted by Crippen LogP contribution is 2.39. The topological polar surface area (TPSA) is 95.4 Å². The summed E-state index contributed by atoms with van der Waals surface area (Å²) in [4.78, 5) is 27.8. The molecule has 0 atom stereocenters. The molecule has 46 heavy (non-hydrogen) atoms. The number of hydrogen-bond donors (Lipinski definition) is 0. The number of para-hydroxylation sites is 1. The summed E-state index contributed by atoms with van der Waals surface area (Å²) in [5.41, 5.74) is 8.17. The Morgan fingerprint density at radius 1 is 0.478 bits per heavy atom. The lowest BCUT2D eigenvalue weighted by Gasteiger charge is -2.11. The fourth-order valence-corrected chi connectivity index (χ4v) is 5.97. The van der Waals surface area contributed by atoms with Crippen LogP contribution in [0.3, 0.4) is 0 Å². The minimum absolute atomic E-state index is 0.571. The Balaban J connectivity index is 1.24. The molecule has 0 N–H and O–H groups in total. The average molecular weight is 594 g/mol. The van der Waals surface area contributed by atoms with Gasteiger partial charge in [-0.3, -0.25) is 9.97 Å². The molecule has 0 saturated heterocycles. The summed E-state index contributed by atoms with van der Waals surface area (Å²) >= 11 is 0. The van der Waals surface area contributed by atoms with Gasteiger partial charge in [-0.1, -0.05) is 48.5 Å². The second kappa shape index (κ2) is 10.6. The van der Waals surface area contributed by atoms with Crippen molar-refractivity contribution in [3.63, 3.8) is 0 Å². The minimum atomic E-state index is 0.571. The van der Waals surface area contributed by atoms with Gasteiger partial charge in [-0.25, -0.2) is 19.9 Å². The Labute approximate surface area is 262 Å². The number of aromatic nitrogens is 7. The lowest BCUT2D eigenvalue weighted by molar-refractivity contribution is 0.623. The standard InChI is InChI=1S/C38H23N7O/c1-2-7-26(8-3-1)38-41-30-13-14-32-33(34(30)46-38)29-11-4-5-12-31(29)45(32)28-10-6-9-27(23-28)37-43-35(24-15-19-39-20-16-24)42-36(44-37)25-17-21-40-22-18-25/h1-23H. The fraction of sp³-hybridized carbons (Fsp3) is 0. The van der Waals surface area contributed by atoms with Gasteiger partial charge >= 0.3 is 0 Å². The molecule has 8 heteroatoms. The number of benzene rings is 4. The van der Waals surface area contributed by atoms with Crippen molar-refractivity contribution in [3.8, 4) is 51.3 Å². The van der Waals surface area contributed by atoms with E-state index in [-0.39, 0.29) is 0 Å². The van der Waals surface area contributed by atoms with Gasteiger partial charge in [0.2, 0.25) is 5.89 Å². The number of fused-ring (bicyclic) bond motifs is 5. The molecule has 0 unspecified atom stereocenters. The third kappa shape index (κ3) is 4.31. The molecule has 0 bridgehead atoms. The molecular formula is C38H23N7O. The van der Waals surface area contributed by atoms with Gasteiger partial charge in [-0.15, -0.1) is 0 Å². The van der Waals surface area contributed by atoms with E-state index in [1.165, 1.54) is 0 Å². The van der Waals surface area contributed by atoms with Gasteiger partial charge in [0.05, 0.1) is 16.4 Å². The van der Waals surface area contributed by atoms with Gasteiger partial charge in [0, 0.05) is 58.1 Å². The molecule has 5 heterocycles. The van der Waals surface area contributed by atoms with Crippen molar-refractivity contribution < 1.29 is 4.42 Å². The Bertz CT molecular complexity index is 2470. The van der Waals surface area contributed by atoms with Crippen molar-refractivity contribution >= 4 is 32.9 Å². The second-order valence-corrected chi connectivity index (χ2v) is 10.9. The van der Waals surface area contributed by atoms with Crippen LogP contribution in [-0.4, -0.2) is 34.5 Å². The van der Waals surface area contributed by atoms with E-state index in [0.29, 0.717) is 23.4 Å².